The Kier molecular flexibility index (Phi) is 4.64. The maximum atomic E-state index is 13.7. The van der Waals surface area contributed by atoms with Crippen LogP contribution in [0, 0.1) is 23.5 Å². The van der Waals surface area contributed by atoms with Crippen molar-refractivity contribution in [3.63, 3.8) is 0 Å². The second-order valence-electron chi connectivity index (χ2n) is 4.16. The number of nitrogens with one attached hydrogen (secondary N) is 1. The molecule has 0 fully saturated rings. The van der Waals surface area contributed by atoms with Crippen molar-refractivity contribution < 1.29 is 13.6 Å². The lowest BCUT2D eigenvalue weighted by atomic mass is 10.1. The number of nitrogens with two attached hydrogens (primary N) is 1. The molecule has 0 atom stereocenters. The molecule has 0 saturated carbocycles. The van der Waals surface area contributed by atoms with E-state index in [2.05, 4.69) is 17.2 Å². The summed E-state index contributed by atoms with van der Waals surface area (Å²) in [5.41, 5.74) is 5.82. The van der Waals surface area contributed by atoms with E-state index < -0.39 is 17.5 Å². The van der Waals surface area contributed by atoms with Crippen LogP contribution in [0.4, 0.5) is 14.5 Å². The topological polar surface area (TPSA) is 55.1 Å². The second kappa shape index (κ2) is 6.64. The summed E-state index contributed by atoms with van der Waals surface area (Å²) in [6, 6.07) is 9.29. The number of halogens is 2. The summed E-state index contributed by atoms with van der Waals surface area (Å²) in [5.74, 6) is 3.50. The second-order valence-corrected chi connectivity index (χ2v) is 4.16. The Bertz CT molecular complexity index is 733. The van der Waals surface area contributed by atoms with Crippen molar-refractivity contribution >= 4 is 11.6 Å². The van der Waals surface area contributed by atoms with Gasteiger partial charge in [0, 0.05) is 11.3 Å². The molecular formula is C16H12F2N2O. The van der Waals surface area contributed by atoms with Crippen LogP contribution in [0.5, 0.6) is 0 Å². The first-order chi connectivity index (χ1) is 10.1. The molecule has 0 aliphatic rings. The lowest BCUT2D eigenvalue weighted by molar-refractivity contribution is 0.102. The van der Waals surface area contributed by atoms with Crippen LogP contribution < -0.4 is 11.1 Å². The number of anilines is 1. The summed E-state index contributed by atoms with van der Waals surface area (Å²) in [6.45, 7) is 0.169. The van der Waals surface area contributed by atoms with Gasteiger partial charge in [0.2, 0.25) is 0 Å². The molecule has 0 heterocycles. The molecule has 0 aliphatic heterocycles. The van der Waals surface area contributed by atoms with Crippen molar-refractivity contribution in [3.8, 4) is 11.8 Å². The van der Waals surface area contributed by atoms with Crippen molar-refractivity contribution in [1.82, 2.24) is 0 Å². The monoisotopic (exact) mass is 286 g/mol. The van der Waals surface area contributed by atoms with E-state index in [1.165, 1.54) is 30.3 Å². The zero-order valence-corrected chi connectivity index (χ0v) is 11.0. The molecule has 0 unspecified atom stereocenters. The standard InChI is InChI=1S/C16H12F2N2O/c17-12-4-1-5-13(10-12)20-16(21)14-9-11(3-2-8-19)6-7-15(14)18/h1,4-7,9-10H,8,19H2,(H,20,21). The highest BCUT2D eigenvalue weighted by Gasteiger charge is 2.12. The van der Waals surface area contributed by atoms with E-state index >= 15 is 0 Å². The molecule has 0 radical (unpaired) electrons. The summed E-state index contributed by atoms with van der Waals surface area (Å²) < 4.78 is 26.8. The molecule has 5 heteroatoms. The quantitative estimate of drug-likeness (QED) is 0.834. The fraction of sp³-hybridized carbons (Fsp3) is 0.0625. The van der Waals surface area contributed by atoms with E-state index in [1.807, 2.05) is 0 Å². The molecule has 1 amide bonds. The maximum Gasteiger partial charge on any atom is 0.258 e. The molecule has 106 valence electrons. The van der Waals surface area contributed by atoms with E-state index in [0.717, 1.165) is 12.1 Å². The van der Waals surface area contributed by atoms with Crippen LogP contribution in [0.15, 0.2) is 42.5 Å². The first kappa shape index (κ1) is 14.7. The summed E-state index contributed by atoms with van der Waals surface area (Å²) in [6.07, 6.45) is 0. The molecule has 0 spiro atoms. The van der Waals surface area contributed by atoms with Gasteiger partial charge in [0.05, 0.1) is 12.1 Å². The minimum atomic E-state index is -0.679. The third-order valence-corrected chi connectivity index (χ3v) is 2.63. The van der Waals surface area contributed by atoms with Crippen LogP contribution >= 0.6 is 0 Å². The highest BCUT2D eigenvalue weighted by molar-refractivity contribution is 6.04. The molecule has 0 aliphatic carbocycles. The number of benzene rings is 2. The smallest absolute Gasteiger partial charge is 0.258 e. The molecule has 3 nitrogen and oxygen atoms in total. The fourth-order valence-corrected chi connectivity index (χ4v) is 1.69. The average molecular weight is 286 g/mol. The Morgan fingerprint density at radius 2 is 2.00 bits per heavy atom. The predicted molar refractivity (Wildman–Crippen MR) is 76.7 cm³/mol. The van der Waals surface area contributed by atoms with E-state index in [0.29, 0.717) is 5.56 Å². The summed E-state index contributed by atoms with van der Waals surface area (Å²) in [5, 5.41) is 2.43. The van der Waals surface area contributed by atoms with Crippen molar-refractivity contribution in [3.05, 3.63) is 65.2 Å². The summed E-state index contributed by atoms with van der Waals surface area (Å²) >= 11 is 0. The molecule has 0 saturated heterocycles. The van der Waals surface area contributed by atoms with Gasteiger partial charge >= 0.3 is 0 Å². The third kappa shape index (κ3) is 3.88. The van der Waals surface area contributed by atoms with Gasteiger partial charge in [-0.05, 0) is 36.4 Å². The van der Waals surface area contributed by atoms with E-state index in [9.17, 15) is 13.6 Å². The van der Waals surface area contributed by atoms with Gasteiger partial charge in [-0.25, -0.2) is 8.78 Å². The van der Waals surface area contributed by atoms with Crippen molar-refractivity contribution in [1.29, 1.82) is 0 Å². The van der Waals surface area contributed by atoms with Gasteiger partial charge in [0.25, 0.3) is 5.91 Å². The Balaban J connectivity index is 2.26. The van der Waals surface area contributed by atoms with Crippen LogP contribution in [0.3, 0.4) is 0 Å². The van der Waals surface area contributed by atoms with Crippen LogP contribution in [0.2, 0.25) is 0 Å². The Labute approximate surface area is 120 Å². The van der Waals surface area contributed by atoms with Gasteiger partial charge in [-0.3, -0.25) is 4.79 Å². The third-order valence-electron chi connectivity index (χ3n) is 2.63. The molecule has 2 rings (SSSR count). The van der Waals surface area contributed by atoms with E-state index in [-0.39, 0.29) is 17.8 Å². The average Bonchev–Trinajstić information content (AvgIpc) is 2.46. The lowest BCUT2D eigenvalue weighted by Gasteiger charge is -2.06. The minimum absolute atomic E-state index is 0.164. The Morgan fingerprint density at radius 1 is 1.19 bits per heavy atom. The van der Waals surface area contributed by atoms with Crippen LogP contribution in [0.1, 0.15) is 15.9 Å². The van der Waals surface area contributed by atoms with Crippen molar-refractivity contribution in [2.45, 2.75) is 0 Å². The Morgan fingerprint density at radius 3 is 2.71 bits per heavy atom. The lowest BCUT2D eigenvalue weighted by Crippen LogP contribution is -2.14. The fourth-order valence-electron chi connectivity index (χ4n) is 1.69. The van der Waals surface area contributed by atoms with Crippen molar-refractivity contribution in [2.24, 2.45) is 5.73 Å². The molecule has 0 bridgehead atoms. The van der Waals surface area contributed by atoms with Gasteiger partial charge < -0.3 is 11.1 Å². The number of amides is 1. The van der Waals surface area contributed by atoms with Gasteiger partial charge in [0.1, 0.15) is 11.6 Å². The first-order valence-electron chi connectivity index (χ1n) is 6.15. The zero-order valence-electron chi connectivity index (χ0n) is 11.0. The highest BCUT2D eigenvalue weighted by Crippen LogP contribution is 2.14. The summed E-state index contributed by atoms with van der Waals surface area (Å²) in [7, 11) is 0. The van der Waals surface area contributed by atoms with E-state index in [1.54, 1.807) is 0 Å². The van der Waals surface area contributed by atoms with Gasteiger partial charge in [-0.1, -0.05) is 17.9 Å². The number of rotatable bonds is 2. The summed E-state index contributed by atoms with van der Waals surface area (Å²) in [4.78, 5) is 12.0. The number of carbonyl (C=O) groups excluding carboxylic acids is 1. The SMILES string of the molecule is NCC#Cc1ccc(F)c(C(=O)Nc2cccc(F)c2)c1. The van der Waals surface area contributed by atoms with Gasteiger partial charge in [-0.2, -0.15) is 0 Å². The predicted octanol–water partition coefficient (Wildman–Crippen LogP) is 2.53. The van der Waals surface area contributed by atoms with Gasteiger partial charge in [-0.15, -0.1) is 0 Å². The normalized spacial score (nSPS) is 9.67. The maximum absolute atomic E-state index is 13.7. The number of carbonyl (C=O) groups is 1. The van der Waals surface area contributed by atoms with Crippen LogP contribution in [-0.4, -0.2) is 12.5 Å². The first-order valence-corrected chi connectivity index (χ1v) is 6.15. The highest BCUT2D eigenvalue weighted by atomic mass is 19.1. The van der Waals surface area contributed by atoms with Crippen LogP contribution in [0.25, 0.3) is 0 Å². The number of hydrogen-bond acceptors (Lipinski definition) is 2. The minimum Gasteiger partial charge on any atom is -0.322 e. The Hall–Kier alpha value is -2.71. The van der Waals surface area contributed by atoms with Crippen LogP contribution in [-0.2, 0) is 0 Å². The molecular weight excluding hydrogens is 274 g/mol. The largest absolute Gasteiger partial charge is 0.322 e. The van der Waals surface area contributed by atoms with Gasteiger partial charge in [0.15, 0.2) is 0 Å². The molecule has 2 aromatic rings. The van der Waals surface area contributed by atoms with E-state index in [4.69, 9.17) is 5.73 Å². The number of hydrogen-bond donors (Lipinski definition) is 2. The zero-order chi connectivity index (χ0) is 15.2. The molecule has 2 aromatic carbocycles. The molecule has 3 N–H and O–H groups in total. The molecule has 0 aromatic heterocycles. The molecule has 21 heavy (non-hydrogen) atoms. The van der Waals surface area contributed by atoms with Crippen molar-refractivity contribution in [2.75, 3.05) is 11.9 Å².